The maximum atomic E-state index is 12.0. The van der Waals surface area contributed by atoms with Crippen LogP contribution in [0.15, 0.2) is 51.8 Å². The zero-order valence-electron chi connectivity index (χ0n) is 14.0. The van der Waals surface area contributed by atoms with Crippen molar-refractivity contribution in [3.8, 4) is 11.5 Å². The third kappa shape index (κ3) is 2.74. The molecular weight excluding hydrogens is 354 g/mol. The minimum absolute atomic E-state index is 0.0156. The summed E-state index contributed by atoms with van der Waals surface area (Å²) in [6, 6.07) is 9.95. The minimum atomic E-state index is -3.32. The van der Waals surface area contributed by atoms with E-state index in [0.717, 1.165) is 5.56 Å². The Morgan fingerprint density at radius 3 is 2.73 bits per heavy atom. The zero-order valence-corrected chi connectivity index (χ0v) is 14.8. The van der Waals surface area contributed by atoms with Gasteiger partial charge in [-0.05, 0) is 41.5 Å². The molecule has 2 atom stereocenters. The number of rotatable bonds is 3. The topological polar surface area (TPSA) is 101 Å². The predicted molar refractivity (Wildman–Crippen MR) is 97.2 cm³/mol. The molecule has 0 radical (unpaired) electrons. The Morgan fingerprint density at radius 2 is 1.96 bits per heavy atom. The van der Waals surface area contributed by atoms with E-state index in [0.29, 0.717) is 28.1 Å². The molecule has 0 saturated heterocycles. The van der Waals surface area contributed by atoms with Gasteiger partial charge in [0.1, 0.15) is 17.7 Å². The summed E-state index contributed by atoms with van der Waals surface area (Å²) in [6.45, 7) is 1.59. The number of sulfone groups is 1. The summed E-state index contributed by atoms with van der Waals surface area (Å²) in [7, 11) is -3.32. The van der Waals surface area contributed by atoms with Gasteiger partial charge in [0.05, 0.1) is 10.6 Å². The first-order chi connectivity index (χ1) is 12.4. The molecule has 1 aliphatic carbocycles. The van der Waals surface area contributed by atoms with Gasteiger partial charge < -0.3 is 14.6 Å². The smallest absolute Gasteiger partial charge is 0.227 e. The third-order valence-electron chi connectivity index (χ3n) is 4.55. The molecular formula is C19H17NO5S. The average molecular weight is 371 g/mol. The zero-order chi connectivity index (χ0) is 18.5. The highest BCUT2D eigenvalue weighted by atomic mass is 32.2. The van der Waals surface area contributed by atoms with E-state index in [4.69, 9.17) is 4.42 Å². The van der Waals surface area contributed by atoms with Crippen LogP contribution in [0.1, 0.15) is 24.2 Å². The van der Waals surface area contributed by atoms with Crippen LogP contribution in [0.3, 0.4) is 0 Å². The van der Waals surface area contributed by atoms with Gasteiger partial charge in [0, 0.05) is 5.56 Å². The summed E-state index contributed by atoms with van der Waals surface area (Å²) in [5, 5.41) is 20.0. The largest absolute Gasteiger partial charge is 0.436 e. The molecule has 3 aromatic rings. The van der Waals surface area contributed by atoms with Gasteiger partial charge in [-0.15, -0.1) is 0 Å². The minimum Gasteiger partial charge on any atom is -0.436 e. The van der Waals surface area contributed by atoms with Crippen LogP contribution in [-0.2, 0) is 9.84 Å². The van der Waals surface area contributed by atoms with E-state index >= 15 is 0 Å². The van der Waals surface area contributed by atoms with E-state index in [1.807, 2.05) is 12.1 Å². The molecule has 6 nitrogen and oxygen atoms in total. The van der Waals surface area contributed by atoms with Gasteiger partial charge in [0.2, 0.25) is 5.89 Å². The molecule has 2 N–H and O–H groups in total. The number of hydrogen-bond donors (Lipinski definition) is 2. The molecule has 0 amide bonds. The van der Waals surface area contributed by atoms with Crippen molar-refractivity contribution in [2.24, 2.45) is 0 Å². The van der Waals surface area contributed by atoms with E-state index in [1.165, 1.54) is 12.1 Å². The second kappa shape index (κ2) is 6.05. The van der Waals surface area contributed by atoms with Crippen LogP contribution in [0.5, 0.6) is 0 Å². The van der Waals surface area contributed by atoms with Crippen LogP contribution in [-0.4, -0.2) is 35.5 Å². The molecule has 1 heterocycles. The van der Waals surface area contributed by atoms with Gasteiger partial charge in [0.25, 0.3) is 0 Å². The van der Waals surface area contributed by atoms with E-state index in [9.17, 15) is 18.6 Å². The van der Waals surface area contributed by atoms with Crippen LogP contribution < -0.4 is 0 Å². The van der Waals surface area contributed by atoms with Crippen LogP contribution in [0.2, 0.25) is 0 Å². The number of aliphatic hydroxyl groups excluding tert-OH is 2. The highest BCUT2D eigenvalue weighted by Crippen LogP contribution is 2.33. The Hall–Kier alpha value is -2.48. The number of aromatic nitrogens is 1. The number of hydrogen-bond acceptors (Lipinski definition) is 6. The second-order valence-corrected chi connectivity index (χ2v) is 8.47. The average Bonchev–Trinajstić information content (AvgIpc) is 3.08. The second-order valence-electron chi connectivity index (χ2n) is 6.19. The van der Waals surface area contributed by atoms with Crippen molar-refractivity contribution in [2.45, 2.75) is 24.0 Å². The molecule has 0 bridgehead atoms. The van der Waals surface area contributed by atoms with Crippen LogP contribution >= 0.6 is 0 Å². The maximum Gasteiger partial charge on any atom is 0.227 e. The Bertz CT molecular complexity index is 1130. The monoisotopic (exact) mass is 371 g/mol. The van der Waals surface area contributed by atoms with Gasteiger partial charge in [-0.3, -0.25) is 0 Å². The number of fused-ring (bicyclic) bond motifs is 2. The SMILES string of the molecule is CCS(=O)(=O)c1ccc2oc(-c3ccc4c(c3)[C@@H](O)[C@H](O)C=C4)nc2c1. The summed E-state index contributed by atoms with van der Waals surface area (Å²) in [6.07, 6.45) is 1.33. The molecule has 0 fully saturated rings. The number of nitrogens with zero attached hydrogens (tertiary/aromatic N) is 1. The fourth-order valence-electron chi connectivity index (χ4n) is 3.00. The number of oxazole rings is 1. The molecule has 4 rings (SSSR count). The lowest BCUT2D eigenvalue weighted by atomic mass is 9.91. The van der Waals surface area contributed by atoms with Gasteiger partial charge in [0.15, 0.2) is 15.4 Å². The molecule has 0 spiro atoms. The molecule has 26 heavy (non-hydrogen) atoms. The van der Waals surface area contributed by atoms with Crippen molar-refractivity contribution >= 4 is 27.0 Å². The summed E-state index contributed by atoms with van der Waals surface area (Å²) >= 11 is 0. The highest BCUT2D eigenvalue weighted by Gasteiger charge is 2.23. The Balaban J connectivity index is 1.79. The van der Waals surface area contributed by atoms with Gasteiger partial charge in [-0.2, -0.15) is 0 Å². The molecule has 1 aliphatic rings. The first-order valence-electron chi connectivity index (χ1n) is 8.21. The lowest BCUT2D eigenvalue weighted by molar-refractivity contribution is 0.0470. The lowest BCUT2D eigenvalue weighted by Crippen LogP contribution is -2.19. The maximum absolute atomic E-state index is 12.0. The normalized spacial score (nSPS) is 19.7. The molecule has 134 valence electrons. The summed E-state index contributed by atoms with van der Waals surface area (Å²) < 4.78 is 29.8. The van der Waals surface area contributed by atoms with Crippen molar-refractivity contribution in [1.29, 1.82) is 0 Å². The highest BCUT2D eigenvalue weighted by molar-refractivity contribution is 7.91. The quantitative estimate of drug-likeness (QED) is 0.734. The lowest BCUT2D eigenvalue weighted by Gasteiger charge is -2.22. The van der Waals surface area contributed by atoms with E-state index in [-0.39, 0.29) is 10.6 Å². The Labute approximate surface area is 150 Å². The Morgan fingerprint density at radius 1 is 1.15 bits per heavy atom. The first-order valence-corrected chi connectivity index (χ1v) is 9.86. The Kier molecular flexibility index (Phi) is 3.95. The van der Waals surface area contributed by atoms with E-state index in [1.54, 1.807) is 31.2 Å². The molecule has 2 aromatic carbocycles. The van der Waals surface area contributed by atoms with Gasteiger partial charge in [-0.1, -0.05) is 25.1 Å². The standard InChI is InChI=1S/C19H17NO5S/c1-2-26(23,24)13-6-8-17-15(10-13)20-19(25-17)12-4-3-11-5-7-16(21)18(22)14(11)9-12/h3-10,16,18,21-22H,2H2,1H3/t16-,18-/m1/s1. The molecule has 1 aromatic heterocycles. The number of benzene rings is 2. The van der Waals surface area contributed by atoms with Crippen molar-refractivity contribution < 1.29 is 23.0 Å². The van der Waals surface area contributed by atoms with Gasteiger partial charge in [-0.25, -0.2) is 13.4 Å². The fraction of sp³-hybridized carbons (Fsp3) is 0.211. The van der Waals surface area contributed by atoms with E-state index in [2.05, 4.69) is 4.98 Å². The van der Waals surface area contributed by atoms with Crippen molar-refractivity contribution in [3.63, 3.8) is 0 Å². The fourth-order valence-corrected chi connectivity index (χ4v) is 3.90. The van der Waals surface area contributed by atoms with Crippen molar-refractivity contribution in [3.05, 3.63) is 53.6 Å². The van der Waals surface area contributed by atoms with Crippen LogP contribution in [0, 0.1) is 0 Å². The van der Waals surface area contributed by atoms with Crippen LogP contribution in [0.25, 0.3) is 28.6 Å². The molecule has 0 saturated carbocycles. The molecule has 0 aliphatic heterocycles. The third-order valence-corrected chi connectivity index (χ3v) is 6.28. The molecule has 0 unspecified atom stereocenters. The first kappa shape index (κ1) is 17.0. The molecule has 7 heteroatoms. The van der Waals surface area contributed by atoms with E-state index < -0.39 is 22.0 Å². The summed E-state index contributed by atoms with van der Waals surface area (Å²) in [4.78, 5) is 4.60. The number of aliphatic hydroxyl groups is 2. The van der Waals surface area contributed by atoms with Crippen molar-refractivity contribution in [1.82, 2.24) is 4.98 Å². The summed E-state index contributed by atoms with van der Waals surface area (Å²) in [5.41, 5.74) is 2.98. The van der Waals surface area contributed by atoms with Crippen molar-refractivity contribution in [2.75, 3.05) is 5.75 Å². The van der Waals surface area contributed by atoms with Crippen LogP contribution in [0.4, 0.5) is 0 Å². The predicted octanol–water partition coefficient (Wildman–Crippen LogP) is 2.71. The summed E-state index contributed by atoms with van der Waals surface area (Å²) in [5.74, 6) is 0.340. The van der Waals surface area contributed by atoms with Gasteiger partial charge >= 0.3 is 0 Å².